The summed E-state index contributed by atoms with van der Waals surface area (Å²) in [6.45, 7) is 5.15. The highest BCUT2D eigenvalue weighted by Gasteiger charge is 2.32. The van der Waals surface area contributed by atoms with E-state index in [1.165, 1.54) is 6.08 Å². The molecule has 1 aliphatic heterocycles. The largest absolute Gasteiger partial charge is 0.481 e. The van der Waals surface area contributed by atoms with Crippen molar-refractivity contribution in [3.8, 4) is 0 Å². The van der Waals surface area contributed by atoms with E-state index in [0.717, 1.165) is 11.1 Å². The number of carbonyl (C=O) groups excluding carboxylic acids is 3. The van der Waals surface area contributed by atoms with Gasteiger partial charge >= 0.3 is 5.97 Å². The molecule has 8 nitrogen and oxygen atoms in total. The van der Waals surface area contributed by atoms with E-state index >= 15 is 0 Å². The highest BCUT2D eigenvalue weighted by molar-refractivity contribution is 6.01. The molecule has 2 N–H and O–H groups in total. The maximum atomic E-state index is 13.5. The van der Waals surface area contributed by atoms with Crippen LogP contribution in [0.3, 0.4) is 0 Å². The topological polar surface area (TPSA) is 113 Å². The third kappa shape index (κ3) is 7.20. The van der Waals surface area contributed by atoms with Gasteiger partial charge < -0.3 is 20.1 Å². The van der Waals surface area contributed by atoms with E-state index < -0.39 is 29.6 Å². The van der Waals surface area contributed by atoms with Crippen LogP contribution in [0.1, 0.15) is 50.8 Å². The zero-order valence-corrected chi connectivity index (χ0v) is 21.5. The standard InChI is InChI=1S/C30H30N2O6/c1-30(2,3)38-26(20-34)24(16-17-27(35)36)31-29(37)23-15-10-18-32(25(23)19-33)28(21-11-6-4-7-12-21)22-13-8-5-9-14-22/h4-15,18,24,28H,16-17H2,1-3H3,(H,31,37)(H,35,36). The fraction of sp³-hybridized carbons (Fsp3) is 0.267. The highest BCUT2D eigenvalue weighted by atomic mass is 16.5. The van der Waals surface area contributed by atoms with Crippen LogP contribution >= 0.6 is 0 Å². The van der Waals surface area contributed by atoms with Crippen LogP contribution in [0, 0.1) is 0 Å². The monoisotopic (exact) mass is 514 g/mol. The van der Waals surface area contributed by atoms with Crippen LogP contribution in [0.4, 0.5) is 0 Å². The van der Waals surface area contributed by atoms with E-state index in [2.05, 4.69) is 5.32 Å². The first kappa shape index (κ1) is 27.9. The Bertz CT molecular complexity index is 1270. The van der Waals surface area contributed by atoms with Crippen molar-refractivity contribution in [1.29, 1.82) is 0 Å². The lowest BCUT2D eigenvalue weighted by Crippen LogP contribution is -2.42. The third-order valence-corrected chi connectivity index (χ3v) is 5.66. The number of carbonyl (C=O) groups is 2. The molecule has 0 spiro atoms. The number of carboxylic acid groups (broad SMARTS) is 1. The molecule has 1 atom stereocenters. The molecule has 2 aromatic carbocycles. The van der Waals surface area contributed by atoms with Gasteiger partial charge in [0.15, 0.2) is 11.9 Å². The van der Waals surface area contributed by atoms with Gasteiger partial charge in [-0.05, 0) is 50.5 Å². The molecule has 8 heteroatoms. The normalized spacial score (nSPS) is 13.7. The maximum absolute atomic E-state index is 13.5. The van der Waals surface area contributed by atoms with Gasteiger partial charge in [-0.25, -0.2) is 9.59 Å². The number of nitrogens with zero attached hydrogens (tertiary/aromatic N) is 1. The molecule has 0 saturated carbocycles. The summed E-state index contributed by atoms with van der Waals surface area (Å²) in [4.78, 5) is 50.4. The Morgan fingerprint density at radius 1 is 1.00 bits per heavy atom. The minimum atomic E-state index is -1.10. The molecule has 1 aliphatic rings. The SMILES string of the molecule is CC(C)(C)OC(=C=O)C(CCC(=O)O)NC(=O)C1=CC=CN(C(c2ccccc2)c2ccccc2)C1=C=O. The number of allylic oxidation sites excluding steroid dienone is 2. The molecule has 0 saturated heterocycles. The second-order valence-electron chi connectivity index (χ2n) is 9.64. The van der Waals surface area contributed by atoms with Crippen molar-refractivity contribution in [2.45, 2.75) is 51.3 Å². The average molecular weight is 515 g/mol. The Labute approximate surface area is 221 Å². The summed E-state index contributed by atoms with van der Waals surface area (Å²) in [6, 6.07) is 17.6. The molecule has 0 bridgehead atoms. The number of hydrogen-bond donors (Lipinski definition) is 2. The molecule has 0 radical (unpaired) electrons. The van der Waals surface area contributed by atoms with Crippen LogP contribution in [0.25, 0.3) is 0 Å². The van der Waals surface area contributed by atoms with Crippen LogP contribution in [-0.2, 0) is 23.9 Å². The Hall–Kier alpha value is -4.64. The summed E-state index contributed by atoms with van der Waals surface area (Å²) in [6.07, 6.45) is 4.38. The second-order valence-corrected chi connectivity index (χ2v) is 9.64. The van der Waals surface area contributed by atoms with Crippen LogP contribution in [0.5, 0.6) is 0 Å². The van der Waals surface area contributed by atoms with E-state index in [1.54, 1.807) is 43.9 Å². The van der Waals surface area contributed by atoms with Gasteiger partial charge in [0, 0.05) is 12.6 Å². The number of aliphatic carboxylic acids is 1. The molecule has 2 aromatic rings. The minimum Gasteiger partial charge on any atom is -0.481 e. The van der Waals surface area contributed by atoms with Gasteiger partial charge in [-0.1, -0.05) is 60.7 Å². The Morgan fingerprint density at radius 3 is 2.05 bits per heavy atom. The third-order valence-electron chi connectivity index (χ3n) is 5.66. The van der Waals surface area contributed by atoms with E-state index in [4.69, 9.17) is 4.74 Å². The van der Waals surface area contributed by atoms with Crippen LogP contribution in [-0.4, -0.2) is 45.4 Å². The fourth-order valence-corrected chi connectivity index (χ4v) is 4.08. The van der Waals surface area contributed by atoms with E-state index in [0.29, 0.717) is 0 Å². The highest BCUT2D eigenvalue weighted by Crippen LogP contribution is 2.35. The second kappa shape index (κ2) is 12.5. The lowest BCUT2D eigenvalue weighted by molar-refractivity contribution is -0.137. The van der Waals surface area contributed by atoms with Gasteiger partial charge in [-0.2, -0.15) is 0 Å². The molecule has 3 rings (SSSR count). The van der Waals surface area contributed by atoms with Crippen molar-refractivity contribution >= 4 is 23.8 Å². The van der Waals surface area contributed by atoms with Gasteiger partial charge in [0.05, 0.1) is 17.7 Å². The van der Waals surface area contributed by atoms with Gasteiger partial charge in [0.1, 0.15) is 11.3 Å². The van der Waals surface area contributed by atoms with Crippen molar-refractivity contribution in [3.05, 3.63) is 107 Å². The maximum Gasteiger partial charge on any atom is 0.303 e. The van der Waals surface area contributed by atoms with Crippen LogP contribution in [0.2, 0.25) is 0 Å². The molecule has 0 aromatic heterocycles. The lowest BCUT2D eigenvalue weighted by atomic mass is 9.94. The Morgan fingerprint density at radius 2 is 1.58 bits per heavy atom. The quantitative estimate of drug-likeness (QED) is 0.362. The molecular formula is C30H30N2O6. The number of ether oxygens (including phenoxy) is 1. The molecule has 196 valence electrons. The summed E-state index contributed by atoms with van der Waals surface area (Å²) >= 11 is 0. The van der Waals surface area contributed by atoms with E-state index in [9.17, 15) is 24.3 Å². The Kier molecular flexibility index (Phi) is 9.23. The fourth-order valence-electron chi connectivity index (χ4n) is 4.08. The number of benzene rings is 2. The van der Waals surface area contributed by atoms with Gasteiger partial charge in [-0.3, -0.25) is 9.59 Å². The van der Waals surface area contributed by atoms with Crippen molar-refractivity contribution < 1.29 is 29.0 Å². The number of carboxylic acids is 1. The summed E-state index contributed by atoms with van der Waals surface area (Å²) < 4.78 is 5.66. The number of nitrogens with one attached hydrogen (secondary N) is 1. The average Bonchev–Trinajstić information content (AvgIpc) is 2.90. The van der Waals surface area contributed by atoms with E-state index in [-0.39, 0.29) is 29.9 Å². The first-order chi connectivity index (χ1) is 18.1. The van der Waals surface area contributed by atoms with Gasteiger partial charge in [0.25, 0.3) is 5.91 Å². The van der Waals surface area contributed by atoms with Crippen molar-refractivity contribution in [1.82, 2.24) is 10.2 Å². The summed E-state index contributed by atoms with van der Waals surface area (Å²) in [5.74, 6) is 1.60. The number of rotatable bonds is 10. The van der Waals surface area contributed by atoms with Crippen LogP contribution < -0.4 is 5.32 Å². The molecule has 1 unspecified atom stereocenters. The summed E-state index contributed by atoms with van der Waals surface area (Å²) in [7, 11) is 0. The van der Waals surface area contributed by atoms with Gasteiger partial charge in [0.2, 0.25) is 5.76 Å². The first-order valence-corrected chi connectivity index (χ1v) is 12.1. The van der Waals surface area contributed by atoms with Crippen molar-refractivity contribution in [2.24, 2.45) is 0 Å². The zero-order chi connectivity index (χ0) is 27.7. The molecule has 1 amide bonds. The Balaban J connectivity index is 1.95. The smallest absolute Gasteiger partial charge is 0.303 e. The molecule has 0 aliphatic carbocycles. The minimum absolute atomic E-state index is 0.00642. The van der Waals surface area contributed by atoms with Crippen molar-refractivity contribution in [2.75, 3.05) is 0 Å². The number of amides is 1. The molecule has 0 fully saturated rings. The molecule has 38 heavy (non-hydrogen) atoms. The summed E-state index contributed by atoms with van der Waals surface area (Å²) in [5.41, 5.74) is 1.01. The zero-order valence-electron chi connectivity index (χ0n) is 21.5. The summed E-state index contributed by atoms with van der Waals surface area (Å²) in [5, 5.41) is 11.8. The number of hydrogen-bond acceptors (Lipinski definition) is 6. The molecule has 1 heterocycles. The van der Waals surface area contributed by atoms with Crippen LogP contribution in [0.15, 0.2) is 96.0 Å². The predicted molar refractivity (Wildman–Crippen MR) is 142 cm³/mol. The molecular weight excluding hydrogens is 484 g/mol. The van der Waals surface area contributed by atoms with Crippen molar-refractivity contribution in [3.63, 3.8) is 0 Å². The predicted octanol–water partition coefficient (Wildman–Crippen LogP) is 4.13. The first-order valence-electron chi connectivity index (χ1n) is 12.1. The van der Waals surface area contributed by atoms with Gasteiger partial charge in [-0.15, -0.1) is 0 Å². The van der Waals surface area contributed by atoms with E-state index in [1.807, 2.05) is 66.6 Å². The lowest BCUT2D eigenvalue weighted by Gasteiger charge is -2.34.